The zero-order valence-electron chi connectivity index (χ0n) is 15.4. The highest BCUT2D eigenvalue weighted by atomic mass is 32.1. The van der Waals surface area contributed by atoms with E-state index in [4.69, 9.17) is 17.0 Å². The lowest BCUT2D eigenvalue weighted by Gasteiger charge is -2.12. The van der Waals surface area contributed by atoms with Crippen LogP contribution < -0.4 is 15.4 Å². The van der Waals surface area contributed by atoms with Crippen LogP contribution in [-0.2, 0) is 4.79 Å². The molecule has 0 atom stereocenters. The largest absolute Gasteiger partial charge is 0.497 e. The first-order valence-electron chi connectivity index (χ1n) is 8.74. The number of rotatable bonds is 5. The Labute approximate surface area is 169 Å². The average Bonchev–Trinajstić information content (AvgIpc) is 2.74. The summed E-state index contributed by atoms with van der Waals surface area (Å²) in [6.07, 6.45) is 1.85. The van der Waals surface area contributed by atoms with E-state index in [9.17, 15) is 4.79 Å². The van der Waals surface area contributed by atoms with Crippen molar-refractivity contribution in [3.05, 3.63) is 96.1 Å². The summed E-state index contributed by atoms with van der Waals surface area (Å²) in [6.45, 7) is 0. The van der Waals surface area contributed by atoms with E-state index >= 15 is 0 Å². The first-order chi connectivity index (χ1) is 13.7. The van der Waals surface area contributed by atoms with Gasteiger partial charge >= 0.3 is 0 Å². The fraction of sp³-hybridized carbons (Fsp3) is 0.0435. The van der Waals surface area contributed by atoms with Gasteiger partial charge in [0.2, 0.25) is 0 Å². The van der Waals surface area contributed by atoms with Crippen LogP contribution in [0.3, 0.4) is 0 Å². The van der Waals surface area contributed by atoms with Crippen LogP contribution in [0.2, 0.25) is 0 Å². The SMILES string of the molecule is COc1ccc(NC(=S)NC(=O)/C(=C\c2ccccc2)c2ccccc2)cc1. The summed E-state index contributed by atoms with van der Waals surface area (Å²) < 4.78 is 5.14. The molecule has 0 bridgehead atoms. The molecule has 3 aromatic carbocycles. The van der Waals surface area contributed by atoms with Gasteiger partial charge in [0, 0.05) is 11.3 Å². The van der Waals surface area contributed by atoms with Gasteiger partial charge in [-0.1, -0.05) is 60.7 Å². The molecule has 0 unspecified atom stereocenters. The summed E-state index contributed by atoms with van der Waals surface area (Å²) in [5.74, 6) is 0.471. The molecule has 4 nitrogen and oxygen atoms in total. The van der Waals surface area contributed by atoms with Gasteiger partial charge in [0.15, 0.2) is 5.11 Å². The van der Waals surface area contributed by atoms with Gasteiger partial charge in [0.05, 0.1) is 7.11 Å². The van der Waals surface area contributed by atoms with Crippen LogP contribution in [0, 0.1) is 0 Å². The third kappa shape index (κ3) is 5.28. The highest BCUT2D eigenvalue weighted by molar-refractivity contribution is 7.80. The molecule has 0 heterocycles. The fourth-order valence-electron chi connectivity index (χ4n) is 2.62. The summed E-state index contributed by atoms with van der Waals surface area (Å²) >= 11 is 5.31. The van der Waals surface area contributed by atoms with E-state index in [1.165, 1.54) is 0 Å². The Balaban J connectivity index is 1.77. The van der Waals surface area contributed by atoms with Gasteiger partial charge in [0.1, 0.15) is 5.75 Å². The second kappa shape index (κ2) is 9.48. The Morgan fingerprint density at radius 1 is 0.893 bits per heavy atom. The van der Waals surface area contributed by atoms with E-state index in [0.717, 1.165) is 22.6 Å². The first-order valence-corrected chi connectivity index (χ1v) is 9.15. The molecule has 1 amide bonds. The number of carbonyl (C=O) groups excluding carboxylic acids is 1. The lowest BCUT2D eigenvalue weighted by atomic mass is 10.0. The number of anilines is 1. The van der Waals surface area contributed by atoms with Crippen molar-refractivity contribution in [2.24, 2.45) is 0 Å². The smallest absolute Gasteiger partial charge is 0.258 e. The van der Waals surface area contributed by atoms with Gasteiger partial charge in [0.25, 0.3) is 5.91 Å². The summed E-state index contributed by atoms with van der Waals surface area (Å²) in [4.78, 5) is 12.9. The first kappa shape index (κ1) is 19.3. The maximum atomic E-state index is 12.9. The molecule has 0 aliphatic rings. The molecular formula is C23H20N2O2S. The molecule has 0 saturated heterocycles. The number of amides is 1. The van der Waals surface area contributed by atoms with E-state index in [2.05, 4.69) is 10.6 Å². The Morgan fingerprint density at radius 2 is 1.50 bits per heavy atom. The van der Waals surface area contributed by atoms with E-state index in [1.54, 1.807) is 7.11 Å². The second-order valence-corrected chi connectivity index (χ2v) is 6.38. The van der Waals surface area contributed by atoms with Gasteiger partial charge < -0.3 is 10.1 Å². The molecule has 140 valence electrons. The fourth-order valence-corrected chi connectivity index (χ4v) is 2.83. The molecule has 0 aromatic heterocycles. The molecule has 0 aliphatic heterocycles. The monoisotopic (exact) mass is 388 g/mol. The number of thiocarbonyl (C=S) groups is 1. The number of carbonyl (C=O) groups is 1. The Hall–Kier alpha value is -3.44. The van der Waals surface area contributed by atoms with E-state index < -0.39 is 0 Å². The third-order valence-corrected chi connectivity index (χ3v) is 4.22. The molecule has 3 aromatic rings. The van der Waals surface area contributed by atoms with Crippen molar-refractivity contribution in [2.45, 2.75) is 0 Å². The van der Waals surface area contributed by atoms with Crippen LogP contribution in [0.1, 0.15) is 11.1 Å². The molecule has 28 heavy (non-hydrogen) atoms. The third-order valence-electron chi connectivity index (χ3n) is 4.01. The molecule has 0 radical (unpaired) electrons. The number of ether oxygens (including phenoxy) is 1. The van der Waals surface area contributed by atoms with Crippen molar-refractivity contribution in [1.82, 2.24) is 5.32 Å². The predicted molar refractivity (Wildman–Crippen MR) is 118 cm³/mol. The lowest BCUT2D eigenvalue weighted by molar-refractivity contribution is -0.114. The van der Waals surface area contributed by atoms with Crippen LogP contribution in [0.25, 0.3) is 11.6 Å². The van der Waals surface area contributed by atoms with Crippen molar-refractivity contribution in [1.29, 1.82) is 0 Å². The summed E-state index contributed by atoms with van der Waals surface area (Å²) in [6, 6.07) is 26.5. The second-order valence-electron chi connectivity index (χ2n) is 5.97. The van der Waals surface area contributed by atoms with Gasteiger partial charge in [-0.3, -0.25) is 10.1 Å². The number of hydrogen-bond acceptors (Lipinski definition) is 3. The quantitative estimate of drug-likeness (QED) is 0.376. The van der Waals surface area contributed by atoms with Crippen LogP contribution in [0.15, 0.2) is 84.9 Å². The van der Waals surface area contributed by atoms with Crippen LogP contribution in [0.4, 0.5) is 5.69 Å². The molecule has 0 saturated carbocycles. The number of nitrogens with one attached hydrogen (secondary N) is 2. The van der Waals surface area contributed by atoms with Crippen LogP contribution >= 0.6 is 12.2 Å². The summed E-state index contributed by atoms with van der Waals surface area (Å²) in [7, 11) is 1.61. The topological polar surface area (TPSA) is 50.4 Å². The number of hydrogen-bond donors (Lipinski definition) is 2. The van der Waals surface area contributed by atoms with Crippen molar-refractivity contribution in [2.75, 3.05) is 12.4 Å². The Bertz CT molecular complexity index is 969. The normalized spacial score (nSPS) is 10.8. The van der Waals surface area contributed by atoms with E-state index in [1.807, 2.05) is 91.0 Å². The molecular weight excluding hydrogens is 368 g/mol. The minimum absolute atomic E-state index is 0.227. The number of methoxy groups -OCH3 is 1. The molecule has 0 aliphatic carbocycles. The zero-order valence-corrected chi connectivity index (χ0v) is 16.2. The van der Waals surface area contributed by atoms with Crippen molar-refractivity contribution >= 4 is 40.6 Å². The molecule has 0 spiro atoms. The molecule has 2 N–H and O–H groups in total. The average molecular weight is 388 g/mol. The van der Waals surface area contributed by atoms with Gasteiger partial charge in [-0.05, 0) is 53.7 Å². The molecule has 3 rings (SSSR count). The van der Waals surface area contributed by atoms with Crippen molar-refractivity contribution < 1.29 is 9.53 Å². The highest BCUT2D eigenvalue weighted by Gasteiger charge is 2.13. The minimum atomic E-state index is -0.277. The lowest BCUT2D eigenvalue weighted by Crippen LogP contribution is -2.34. The van der Waals surface area contributed by atoms with E-state index in [-0.39, 0.29) is 11.0 Å². The maximum Gasteiger partial charge on any atom is 0.258 e. The maximum absolute atomic E-state index is 12.9. The Morgan fingerprint density at radius 3 is 2.11 bits per heavy atom. The zero-order chi connectivity index (χ0) is 19.8. The number of benzene rings is 3. The highest BCUT2D eigenvalue weighted by Crippen LogP contribution is 2.19. The molecule has 5 heteroatoms. The molecule has 0 fully saturated rings. The summed E-state index contributed by atoms with van der Waals surface area (Å²) in [5, 5.41) is 6.00. The van der Waals surface area contributed by atoms with Crippen LogP contribution in [-0.4, -0.2) is 18.1 Å². The van der Waals surface area contributed by atoms with Gasteiger partial charge in [-0.2, -0.15) is 0 Å². The summed E-state index contributed by atoms with van der Waals surface area (Å²) in [5.41, 5.74) is 3.05. The van der Waals surface area contributed by atoms with Gasteiger partial charge in [-0.25, -0.2) is 0 Å². The van der Waals surface area contributed by atoms with Crippen molar-refractivity contribution in [3.63, 3.8) is 0 Å². The Kier molecular flexibility index (Phi) is 6.54. The standard InChI is InChI=1S/C23H20N2O2S/c1-27-20-14-12-19(13-15-20)24-23(28)25-22(26)21(18-10-6-3-7-11-18)16-17-8-4-2-5-9-17/h2-16H,1H3,(H2,24,25,26,28)/b21-16-. The van der Waals surface area contributed by atoms with Crippen LogP contribution in [0.5, 0.6) is 5.75 Å². The minimum Gasteiger partial charge on any atom is -0.497 e. The predicted octanol–water partition coefficient (Wildman–Crippen LogP) is 4.75. The van der Waals surface area contributed by atoms with Gasteiger partial charge in [-0.15, -0.1) is 0 Å². The van der Waals surface area contributed by atoms with E-state index in [0.29, 0.717) is 5.57 Å². The van der Waals surface area contributed by atoms with Crippen molar-refractivity contribution in [3.8, 4) is 5.75 Å².